The lowest BCUT2D eigenvalue weighted by Gasteiger charge is -2.43. The Kier molecular flexibility index (Phi) is 6.06. The molecule has 21 heavy (non-hydrogen) atoms. The molecule has 2 aliphatic rings. The molecule has 1 amide bonds. The van der Waals surface area contributed by atoms with Gasteiger partial charge in [0.1, 0.15) is 6.10 Å². The first kappa shape index (κ1) is 16.8. The summed E-state index contributed by atoms with van der Waals surface area (Å²) in [6.45, 7) is 0.669. The van der Waals surface area contributed by atoms with Crippen LogP contribution in [-0.4, -0.2) is 48.2 Å². The second kappa shape index (κ2) is 7.59. The van der Waals surface area contributed by atoms with Crippen LogP contribution >= 0.6 is 0 Å². The van der Waals surface area contributed by atoms with Crippen molar-refractivity contribution in [1.82, 2.24) is 10.2 Å². The van der Waals surface area contributed by atoms with Gasteiger partial charge in [-0.2, -0.15) is 0 Å². The molecule has 0 heterocycles. The predicted octanol–water partition coefficient (Wildman–Crippen LogP) is 2.31. The minimum absolute atomic E-state index is 0.0835. The second-order valence-corrected chi connectivity index (χ2v) is 7.24. The van der Waals surface area contributed by atoms with Crippen LogP contribution in [0.25, 0.3) is 0 Å². The van der Waals surface area contributed by atoms with Crippen molar-refractivity contribution in [2.24, 2.45) is 5.92 Å². The molecule has 0 unspecified atom stereocenters. The number of carbonyl (C=O) groups is 1. The van der Waals surface area contributed by atoms with Crippen LogP contribution in [0.15, 0.2) is 0 Å². The van der Waals surface area contributed by atoms with Gasteiger partial charge in [0.2, 0.25) is 5.91 Å². The maximum absolute atomic E-state index is 12.3. The molecule has 0 aromatic carbocycles. The largest absolute Gasteiger partial charge is 0.383 e. The summed E-state index contributed by atoms with van der Waals surface area (Å²) in [7, 11) is 4.21. The minimum atomic E-state index is -0.812. The number of rotatable bonds is 5. The molecule has 4 heteroatoms. The summed E-state index contributed by atoms with van der Waals surface area (Å²) in [5, 5.41) is 13.3. The fourth-order valence-corrected chi connectivity index (χ4v) is 4.01. The number of aliphatic hydroxyl groups excluding tert-OH is 1. The van der Waals surface area contributed by atoms with Gasteiger partial charge in [-0.05, 0) is 45.7 Å². The molecular formula is C17H32N2O2. The van der Waals surface area contributed by atoms with Crippen LogP contribution in [0, 0.1) is 5.92 Å². The maximum Gasteiger partial charge on any atom is 0.249 e. The van der Waals surface area contributed by atoms with Crippen molar-refractivity contribution in [3.05, 3.63) is 0 Å². The summed E-state index contributed by atoms with van der Waals surface area (Å²) in [6.07, 6.45) is 10.8. The van der Waals surface area contributed by atoms with Gasteiger partial charge < -0.3 is 15.3 Å². The highest BCUT2D eigenvalue weighted by molar-refractivity contribution is 5.80. The zero-order chi connectivity index (χ0) is 15.3. The van der Waals surface area contributed by atoms with Crippen molar-refractivity contribution >= 4 is 5.91 Å². The number of nitrogens with zero attached hydrogens (tertiary/aromatic N) is 1. The van der Waals surface area contributed by atoms with Crippen LogP contribution in [-0.2, 0) is 4.79 Å². The van der Waals surface area contributed by atoms with Crippen LogP contribution in [0.4, 0.5) is 0 Å². The number of hydrogen-bond acceptors (Lipinski definition) is 3. The smallest absolute Gasteiger partial charge is 0.249 e. The van der Waals surface area contributed by atoms with E-state index in [1.807, 2.05) is 0 Å². The van der Waals surface area contributed by atoms with Gasteiger partial charge >= 0.3 is 0 Å². The van der Waals surface area contributed by atoms with Crippen molar-refractivity contribution in [2.45, 2.75) is 75.9 Å². The number of hydrogen-bond donors (Lipinski definition) is 2. The summed E-state index contributed by atoms with van der Waals surface area (Å²) >= 11 is 0. The fourth-order valence-electron chi connectivity index (χ4n) is 4.01. The third-order valence-electron chi connectivity index (χ3n) is 5.69. The summed E-state index contributed by atoms with van der Waals surface area (Å²) in [6, 6.07) is 0. The van der Waals surface area contributed by atoms with E-state index in [-0.39, 0.29) is 17.4 Å². The van der Waals surface area contributed by atoms with Gasteiger partial charge in [0, 0.05) is 12.1 Å². The molecule has 4 nitrogen and oxygen atoms in total. The molecule has 0 aliphatic heterocycles. The van der Waals surface area contributed by atoms with Crippen LogP contribution in [0.1, 0.15) is 64.2 Å². The first-order valence-electron chi connectivity index (χ1n) is 8.68. The molecule has 2 rings (SSSR count). The van der Waals surface area contributed by atoms with E-state index in [9.17, 15) is 9.90 Å². The molecule has 2 aliphatic carbocycles. The second-order valence-electron chi connectivity index (χ2n) is 7.24. The van der Waals surface area contributed by atoms with E-state index in [1.54, 1.807) is 0 Å². The molecule has 0 aromatic heterocycles. The van der Waals surface area contributed by atoms with Gasteiger partial charge in [-0.3, -0.25) is 4.79 Å². The van der Waals surface area contributed by atoms with Crippen LogP contribution in [0.3, 0.4) is 0 Å². The Morgan fingerprint density at radius 2 is 1.71 bits per heavy atom. The lowest BCUT2D eigenvalue weighted by molar-refractivity contribution is -0.133. The standard InChI is InChI=1S/C17H32N2O2/c1-19(2)17(11-7-4-8-12-17)13-18-16(21)15(20)14-9-5-3-6-10-14/h14-15,20H,3-13H2,1-2H3,(H,18,21)/t15-/m1/s1. The van der Waals surface area contributed by atoms with E-state index >= 15 is 0 Å². The Hall–Kier alpha value is -0.610. The van der Waals surface area contributed by atoms with Gasteiger partial charge in [-0.15, -0.1) is 0 Å². The molecule has 0 aromatic rings. The highest BCUT2D eigenvalue weighted by atomic mass is 16.3. The third kappa shape index (κ3) is 4.19. The lowest BCUT2D eigenvalue weighted by Crippen LogP contribution is -2.55. The lowest BCUT2D eigenvalue weighted by atomic mass is 9.80. The van der Waals surface area contributed by atoms with Crippen molar-refractivity contribution in [1.29, 1.82) is 0 Å². The number of likely N-dealkylation sites (N-methyl/N-ethyl adjacent to an activating group) is 1. The summed E-state index contributed by atoms with van der Waals surface area (Å²) in [5.74, 6) is 0.00844. The summed E-state index contributed by atoms with van der Waals surface area (Å²) in [5.41, 5.74) is 0.0835. The number of carbonyl (C=O) groups excluding carboxylic acids is 1. The molecule has 0 radical (unpaired) electrons. The third-order valence-corrected chi connectivity index (χ3v) is 5.69. The van der Waals surface area contributed by atoms with Crippen molar-refractivity contribution in [3.63, 3.8) is 0 Å². The van der Waals surface area contributed by atoms with Crippen LogP contribution in [0.5, 0.6) is 0 Å². The molecule has 0 spiro atoms. The number of nitrogens with one attached hydrogen (secondary N) is 1. The van der Waals surface area contributed by atoms with E-state index < -0.39 is 6.10 Å². The van der Waals surface area contributed by atoms with Crippen molar-refractivity contribution in [3.8, 4) is 0 Å². The Morgan fingerprint density at radius 3 is 2.29 bits per heavy atom. The topological polar surface area (TPSA) is 52.6 Å². The molecular weight excluding hydrogens is 264 g/mol. The average molecular weight is 296 g/mol. The van der Waals surface area contributed by atoms with Crippen LogP contribution in [0.2, 0.25) is 0 Å². The normalized spacial score (nSPS) is 24.8. The molecule has 1 atom stereocenters. The van der Waals surface area contributed by atoms with Crippen LogP contribution < -0.4 is 5.32 Å². The SMILES string of the molecule is CN(C)C1(CNC(=O)[C@H](O)C2CCCCC2)CCCCC1. The molecule has 0 saturated heterocycles. The number of amides is 1. The molecule has 122 valence electrons. The van der Waals surface area contributed by atoms with Gasteiger partial charge in [0.05, 0.1) is 0 Å². The van der Waals surface area contributed by atoms with E-state index in [2.05, 4.69) is 24.3 Å². The van der Waals surface area contributed by atoms with E-state index in [0.717, 1.165) is 38.5 Å². The van der Waals surface area contributed by atoms with Gasteiger partial charge in [-0.25, -0.2) is 0 Å². The predicted molar refractivity (Wildman–Crippen MR) is 85.1 cm³/mol. The Balaban J connectivity index is 1.86. The quantitative estimate of drug-likeness (QED) is 0.818. The van der Waals surface area contributed by atoms with Crippen molar-refractivity contribution < 1.29 is 9.90 Å². The monoisotopic (exact) mass is 296 g/mol. The van der Waals surface area contributed by atoms with E-state index in [1.165, 1.54) is 25.7 Å². The highest BCUT2D eigenvalue weighted by Gasteiger charge is 2.35. The van der Waals surface area contributed by atoms with Gasteiger partial charge in [0.25, 0.3) is 0 Å². The summed E-state index contributed by atoms with van der Waals surface area (Å²) < 4.78 is 0. The van der Waals surface area contributed by atoms with Crippen molar-refractivity contribution in [2.75, 3.05) is 20.6 Å². The first-order valence-corrected chi connectivity index (χ1v) is 8.68. The minimum Gasteiger partial charge on any atom is -0.383 e. The highest BCUT2D eigenvalue weighted by Crippen LogP contribution is 2.32. The fraction of sp³-hybridized carbons (Fsp3) is 0.941. The molecule has 2 fully saturated rings. The first-order chi connectivity index (χ1) is 10.1. The Morgan fingerprint density at radius 1 is 1.14 bits per heavy atom. The molecule has 0 bridgehead atoms. The van der Waals surface area contributed by atoms with Gasteiger partial charge in [0.15, 0.2) is 0 Å². The Bertz CT molecular complexity index is 332. The zero-order valence-electron chi connectivity index (χ0n) is 13.7. The molecule has 2 N–H and O–H groups in total. The number of aliphatic hydroxyl groups is 1. The van der Waals surface area contributed by atoms with E-state index in [0.29, 0.717) is 6.54 Å². The maximum atomic E-state index is 12.3. The molecule has 2 saturated carbocycles. The van der Waals surface area contributed by atoms with E-state index in [4.69, 9.17) is 0 Å². The zero-order valence-corrected chi connectivity index (χ0v) is 13.7. The van der Waals surface area contributed by atoms with Gasteiger partial charge in [-0.1, -0.05) is 38.5 Å². The Labute approximate surface area is 129 Å². The average Bonchev–Trinajstić information content (AvgIpc) is 2.53. The summed E-state index contributed by atoms with van der Waals surface area (Å²) in [4.78, 5) is 14.5.